The predicted molar refractivity (Wildman–Crippen MR) is 62.1 cm³/mol. The lowest BCUT2D eigenvalue weighted by molar-refractivity contribution is -0.141. The Kier molecular flexibility index (Phi) is 3.29. The minimum absolute atomic E-state index is 0.0332. The number of carboxylic acid groups (broad SMARTS) is 1. The van der Waals surface area contributed by atoms with Crippen LogP contribution in [0.2, 0.25) is 0 Å². The first-order valence-corrected chi connectivity index (χ1v) is 5.64. The minimum Gasteiger partial charge on any atom is -0.480 e. The predicted octanol–water partition coefficient (Wildman–Crippen LogP) is 0.0500. The summed E-state index contributed by atoms with van der Waals surface area (Å²) >= 11 is 0. The number of pyridine rings is 1. The Morgan fingerprint density at radius 2 is 2.17 bits per heavy atom. The Morgan fingerprint density at radius 1 is 1.44 bits per heavy atom. The molecule has 0 radical (unpaired) electrons. The highest BCUT2D eigenvalue weighted by Crippen LogP contribution is 2.20. The highest BCUT2D eigenvalue weighted by Gasteiger charge is 2.39. The van der Waals surface area contributed by atoms with E-state index in [1.807, 2.05) is 0 Å². The summed E-state index contributed by atoms with van der Waals surface area (Å²) in [5.74, 6) is -1.56. The van der Waals surface area contributed by atoms with Gasteiger partial charge in [-0.05, 0) is 19.1 Å². The van der Waals surface area contributed by atoms with E-state index in [9.17, 15) is 14.7 Å². The second kappa shape index (κ2) is 4.73. The summed E-state index contributed by atoms with van der Waals surface area (Å²) in [5.41, 5.74) is 0.892. The summed E-state index contributed by atoms with van der Waals surface area (Å²) in [7, 11) is 0. The van der Waals surface area contributed by atoms with Gasteiger partial charge in [0.15, 0.2) is 0 Å². The number of hydrogen-bond donors (Lipinski definition) is 2. The highest BCUT2D eigenvalue weighted by atomic mass is 16.4. The Balaban J connectivity index is 2.25. The van der Waals surface area contributed by atoms with E-state index < -0.39 is 24.0 Å². The first-order valence-electron chi connectivity index (χ1n) is 5.64. The number of carbonyl (C=O) groups is 2. The van der Waals surface area contributed by atoms with Gasteiger partial charge in [0.2, 0.25) is 0 Å². The zero-order valence-electron chi connectivity index (χ0n) is 9.91. The summed E-state index contributed by atoms with van der Waals surface area (Å²) in [4.78, 5) is 28.4. The molecule has 0 aromatic carbocycles. The van der Waals surface area contributed by atoms with E-state index in [1.165, 1.54) is 0 Å². The number of carboxylic acids is 1. The summed E-state index contributed by atoms with van der Waals surface area (Å²) in [6, 6.07) is 4.01. The maximum absolute atomic E-state index is 12.1. The fourth-order valence-electron chi connectivity index (χ4n) is 2.08. The summed E-state index contributed by atoms with van der Waals surface area (Å²) < 4.78 is 0. The van der Waals surface area contributed by atoms with Gasteiger partial charge in [-0.15, -0.1) is 0 Å². The lowest BCUT2D eigenvalue weighted by atomic mass is 10.2. The van der Waals surface area contributed by atoms with Crippen LogP contribution in [0.4, 0.5) is 0 Å². The lowest BCUT2D eigenvalue weighted by Crippen LogP contribution is -2.41. The standard InChI is InChI=1S/C12H14N2O4/c1-7-3-2-4-9(13-7)11(16)14-6-8(15)5-10(14)12(17)18/h2-4,8,10,15H,5-6H2,1H3,(H,17,18)/t8-,10+/m1/s1. The molecule has 0 unspecified atom stereocenters. The topological polar surface area (TPSA) is 90.7 Å². The molecule has 0 spiro atoms. The van der Waals surface area contributed by atoms with Crippen LogP contribution in [0.5, 0.6) is 0 Å². The van der Waals surface area contributed by atoms with E-state index in [0.29, 0.717) is 5.69 Å². The molecule has 1 aliphatic rings. The Morgan fingerprint density at radius 3 is 2.78 bits per heavy atom. The maximum Gasteiger partial charge on any atom is 0.326 e. The zero-order valence-corrected chi connectivity index (χ0v) is 9.91. The molecule has 1 amide bonds. The van der Waals surface area contributed by atoms with E-state index in [0.717, 1.165) is 4.90 Å². The monoisotopic (exact) mass is 250 g/mol. The van der Waals surface area contributed by atoms with Crippen molar-refractivity contribution >= 4 is 11.9 Å². The second-order valence-electron chi connectivity index (χ2n) is 4.37. The van der Waals surface area contributed by atoms with Crippen molar-refractivity contribution < 1.29 is 19.8 Å². The largest absolute Gasteiger partial charge is 0.480 e. The molecule has 0 saturated carbocycles. The van der Waals surface area contributed by atoms with Gasteiger partial charge in [0.25, 0.3) is 5.91 Å². The molecule has 0 aliphatic carbocycles. The third-order valence-electron chi connectivity index (χ3n) is 2.93. The summed E-state index contributed by atoms with van der Waals surface area (Å²) in [6.07, 6.45) is -0.729. The Hall–Kier alpha value is -1.95. The Bertz CT molecular complexity index is 489. The van der Waals surface area contributed by atoms with Crippen LogP contribution in [0.1, 0.15) is 22.6 Å². The van der Waals surface area contributed by atoms with Crippen molar-refractivity contribution in [3.8, 4) is 0 Å². The van der Waals surface area contributed by atoms with E-state index in [1.54, 1.807) is 25.1 Å². The number of likely N-dealkylation sites (tertiary alicyclic amines) is 1. The van der Waals surface area contributed by atoms with Gasteiger partial charge in [0.05, 0.1) is 6.10 Å². The molecule has 1 aromatic rings. The van der Waals surface area contributed by atoms with Crippen LogP contribution < -0.4 is 0 Å². The van der Waals surface area contributed by atoms with Crippen molar-refractivity contribution in [3.63, 3.8) is 0 Å². The fraction of sp³-hybridized carbons (Fsp3) is 0.417. The molecule has 2 rings (SSSR count). The Labute approximate surface area is 104 Å². The zero-order chi connectivity index (χ0) is 13.3. The van der Waals surface area contributed by atoms with Crippen LogP contribution in [-0.2, 0) is 4.79 Å². The number of aromatic nitrogens is 1. The molecule has 18 heavy (non-hydrogen) atoms. The molecule has 1 fully saturated rings. The molecule has 1 aliphatic heterocycles. The van der Waals surface area contributed by atoms with Crippen molar-refractivity contribution in [1.29, 1.82) is 0 Å². The SMILES string of the molecule is Cc1cccc(C(=O)N2C[C@H](O)C[C@H]2C(=O)O)n1. The van der Waals surface area contributed by atoms with Gasteiger partial charge in [-0.3, -0.25) is 4.79 Å². The average Bonchev–Trinajstić information content (AvgIpc) is 2.70. The number of nitrogens with zero attached hydrogens (tertiary/aromatic N) is 2. The van der Waals surface area contributed by atoms with Gasteiger partial charge in [-0.25, -0.2) is 9.78 Å². The van der Waals surface area contributed by atoms with Crippen LogP contribution >= 0.6 is 0 Å². The molecule has 0 bridgehead atoms. The van der Waals surface area contributed by atoms with E-state index in [4.69, 9.17) is 5.11 Å². The normalized spacial score (nSPS) is 23.1. The maximum atomic E-state index is 12.1. The molecule has 2 N–H and O–H groups in total. The van der Waals surface area contributed by atoms with Gasteiger partial charge >= 0.3 is 5.97 Å². The first-order chi connectivity index (χ1) is 8.49. The van der Waals surface area contributed by atoms with Crippen molar-refractivity contribution in [3.05, 3.63) is 29.6 Å². The van der Waals surface area contributed by atoms with Crippen molar-refractivity contribution in [1.82, 2.24) is 9.88 Å². The van der Waals surface area contributed by atoms with Crippen LogP contribution in [0.15, 0.2) is 18.2 Å². The number of aliphatic hydroxyl groups excluding tert-OH is 1. The number of carbonyl (C=O) groups excluding carboxylic acids is 1. The van der Waals surface area contributed by atoms with Crippen molar-refractivity contribution in [2.75, 3.05) is 6.54 Å². The molecular weight excluding hydrogens is 236 g/mol. The third-order valence-corrected chi connectivity index (χ3v) is 2.93. The molecule has 2 atom stereocenters. The van der Waals surface area contributed by atoms with E-state index >= 15 is 0 Å². The molecule has 6 nitrogen and oxygen atoms in total. The molecule has 2 heterocycles. The van der Waals surface area contributed by atoms with Gasteiger partial charge < -0.3 is 15.1 Å². The number of β-amino-alcohol motifs (C(OH)–C–C–N with tert-alkyl or cyclic N) is 1. The van der Waals surface area contributed by atoms with E-state index in [-0.39, 0.29) is 18.7 Å². The second-order valence-corrected chi connectivity index (χ2v) is 4.37. The molecule has 96 valence electrons. The number of aliphatic carboxylic acids is 1. The highest BCUT2D eigenvalue weighted by molar-refractivity contribution is 5.95. The summed E-state index contributed by atoms with van der Waals surface area (Å²) in [6.45, 7) is 1.79. The first kappa shape index (κ1) is 12.5. The number of aliphatic hydroxyl groups is 1. The smallest absolute Gasteiger partial charge is 0.326 e. The van der Waals surface area contributed by atoms with Gasteiger partial charge in [-0.1, -0.05) is 6.07 Å². The number of amides is 1. The van der Waals surface area contributed by atoms with Crippen molar-refractivity contribution in [2.45, 2.75) is 25.5 Å². The van der Waals surface area contributed by atoms with Crippen LogP contribution in [-0.4, -0.2) is 50.7 Å². The number of rotatable bonds is 2. The third kappa shape index (κ3) is 2.33. The van der Waals surface area contributed by atoms with Crippen LogP contribution in [0, 0.1) is 6.92 Å². The van der Waals surface area contributed by atoms with Crippen LogP contribution in [0.3, 0.4) is 0 Å². The van der Waals surface area contributed by atoms with Gasteiger partial charge in [0, 0.05) is 18.7 Å². The molecule has 1 aromatic heterocycles. The van der Waals surface area contributed by atoms with Crippen LogP contribution in [0.25, 0.3) is 0 Å². The lowest BCUT2D eigenvalue weighted by Gasteiger charge is -2.20. The molecule has 1 saturated heterocycles. The average molecular weight is 250 g/mol. The quantitative estimate of drug-likeness (QED) is 0.774. The molecular formula is C12H14N2O4. The van der Waals surface area contributed by atoms with Crippen molar-refractivity contribution in [2.24, 2.45) is 0 Å². The minimum atomic E-state index is -1.10. The number of aryl methyl sites for hydroxylation is 1. The van der Waals surface area contributed by atoms with Gasteiger partial charge in [0.1, 0.15) is 11.7 Å². The van der Waals surface area contributed by atoms with E-state index in [2.05, 4.69) is 4.98 Å². The number of hydrogen-bond acceptors (Lipinski definition) is 4. The van der Waals surface area contributed by atoms with Gasteiger partial charge in [-0.2, -0.15) is 0 Å². The molecule has 6 heteroatoms. The summed E-state index contributed by atoms with van der Waals surface area (Å²) in [5, 5.41) is 18.5. The fourth-order valence-corrected chi connectivity index (χ4v) is 2.08.